The molecule has 0 atom stereocenters. The zero-order chi connectivity index (χ0) is 16.5. The lowest BCUT2D eigenvalue weighted by Gasteiger charge is -2.08. The summed E-state index contributed by atoms with van der Waals surface area (Å²) in [7, 11) is 0. The Kier molecular flexibility index (Phi) is 3.59. The van der Waals surface area contributed by atoms with Gasteiger partial charge in [-0.1, -0.05) is 35.9 Å². The summed E-state index contributed by atoms with van der Waals surface area (Å²) < 4.78 is 0. The highest BCUT2D eigenvalue weighted by Crippen LogP contribution is 2.22. The number of fused-ring (bicyclic) bond motifs is 2. The van der Waals surface area contributed by atoms with Crippen molar-refractivity contribution >= 4 is 45.3 Å². The molecule has 0 aliphatic carbocycles. The highest BCUT2D eigenvalue weighted by atomic mass is 35.5. The standard InChI is InChI=1S/C19H12ClN3O/c20-13-5-1-2-6-14(13)23-19(24)12-9-10-17-18(11-12)22-16-8-4-3-7-15(16)21-17/h1-11H,(H,23,24). The Morgan fingerprint density at radius 1 is 0.792 bits per heavy atom. The highest BCUT2D eigenvalue weighted by Gasteiger charge is 2.10. The lowest BCUT2D eigenvalue weighted by Crippen LogP contribution is -2.12. The molecule has 5 heteroatoms. The van der Waals surface area contributed by atoms with Gasteiger partial charge in [0.15, 0.2) is 0 Å². The van der Waals surface area contributed by atoms with Crippen molar-refractivity contribution in [2.75, 3.05) is 5.32 Å². The van der Waals surface area contributed by atoms with E-state index in [1.807, 2.05) is 36.4 Å². The Morgan fingerprint density at radius 3 is 2.17 bits per heavy atom. The molecule has 116 valence electrons. The number of benzene rings is 3. The van der Waals surface area contributed by atoms with Gasteiger partial charge in [-0.05, 0) is 42.5 Å². The maximum Gasteiger partial charge on any atom is 0.255 e. The Labute approximate surface area is 143 Å². The molecule has 0 spiro atoms. The van der Waals surface area contributed by atoms with Crippen LogP contribution in [0.4, 0.5) is 5.69 Å². The normalized spacial score (nSPS) is 10.9. The monoisotopic (exact) mass is 333 g/mol. The molecule has 0 bridgehead atoms. The van der Waals surface area contributed by atoms with Gasteiger partial charge in [0.05, 0.1) is 32.8 Å². The maximum atomic E-state index is 12.5. The van der Waals surface area contributed by atoms with Crippen molar-refractivity contribution in [1.29, 1.82) is 0 Å². The number of rotatable bonds is 2. The highest BCUT2D eigenvalue weighted by molar-refractivity contribution is 6.33. The molecule has 0 fully saturated rings. The van der Waals surface area contributed by atoms with Crippen LogP contribution in [0.1, 0.15) is 10.4 Å². The Hall–Kier alpha value is -2.98. The SMILES string of the molecule is O=C(Nc1ccccc1Cl)c1ccc2nc3ccccc3nc2c1. The lowest BCUT2D eigenvalue weighted by atomic mass is 10.1. The van der Waals surface area contributed by atoms with Crippen molar-refractivity contribution in [2.24, 2.45) is 0 Å². The van der Waals surface area contributed by atoms with Gasteiger partial charge in [-0.2, -0.15) is 0 Å². The van der Waals surface area contributed by atoms with Gasteiger partial charge in [-0.3, -0.25) is 4.79 Å². The van der Waals surface area contributed by atoms with Crippen LogP contribution in [0, 0.1) is 0 Å². The third kappa shape index (κ3) is 2.68. The largest absolute Gasteiger partial charge is 0.321 e. The van der Waals surface area contributed by atoms with Crippen LogP contribution < -0.4 is 5.32 Å². The molecule has 0 aliphatic heterocycles. The van der Waals surface area contributed by atoms with Crippen molar-refractivity contribution in [3.63, 3.8) is 0 Å². The second-order valence-corrected chi connectivity index (χ2v) is 5.76. The first-order valence-corrected chi connectivity index (χ1v) is 7.81. The molecule has 4 nitrogen and oxygen atoms in total. The number of halogens is 1. The summed E-state index contributed by atoms with van der Waals surface area (Å²) in [4.78, 5) is 21.6. The smallest absolute Gasteiger partial charge is 0.255 e. The van der Waals surface area contributed by atoms with Crippen LogP contribution in [0.2, 0.25) is 5.02 Å². The Morgan fingerprint density at radius 2 is 1.42 bits per heavy atom. The minimum Gasteiger partial charge on any atom is -0.321 e. The summed E-state index contributed by atoms with van der Waals surface area (Å²) >= 11 is 6.08. The molecule has 1 heterocycles. The number of hydrogen-bond donors (Lipinski definition) is 1. The van der Waals surface area contributed by atoms with Crippen LogP contribution in [0.25, 0.3) is 22.1 Å². The van der Waals surface area contributed by atoms with Gasteiger partial charge in [-0.25, -0.2) is 9.97 Å². The summed E-state index contributed by atoms with van der Waals surface area (Å²) in [6.45, 7) is 0. The Bertz CT molecular complexity index is 1080. The number of anilines is 1. The number of carbonyl (C=O) groups excluding carboxylic acids is 1. The van der Waals surface area contributed by atoms with Crippen molar-refractivity contribution in [2.45, 2.75) is 0 Å². The average molecular weight is 334 g/mol. The molecule has 3 aromatic carbocycles. The van der Waals surface area contributed by atoms with Gasteiger partial charge in [0, 0.05) is 5.56 Å². The fourth-order valence-electron chi connectivity index (χ4n) is 2.52. The number of amides is 1. The molecule has 0 radical (unpaired) electrons. The molecule has 4 rings (SSSR count). The lowest BCUT2D eigenvalue weighted by molar-refractivity contribution is 0.102. The molecule has 1 aromatic heterocycles. The van der Waals surface area contributed by atoms with Gasteiger partial charge < -0.3 is 5.32 Å². The van der Waals surface area contributed by atoms with Crippen LogP contribution in [-0.4, -0.2) is 15.9 Å². The third-order valence-electron chi connectivity index (χ3n) is 3.72. The number of carbonyl (C=O) groups is 1. The summed E-state index contributed by atoms with van der Waals surface area (Å²) in [5, 5.41) is 3.31. The summed E-state index contributed by atoms with van der Waals surface area (Å²) in [5.74, 6) is -0.236. The topological polar surface area (TPSA) is 54.9 Å². The van der Waals surface area contributed by atoms with E-state index in [0.29, 0.717) is 21.8 Å². The van der Waals surface area contributed by atoms with Crippen LogP contribution in [0.15, 0.2) is 66.7 Å². The third-order valence-corrected chi connectivity index (χ3v) is 4.05. The van der Waals surface area contributed by atoms with E-state index >= 15 is 0 Å². The first-order chi connectivity index (χ1) is 11.7. The molecule has 0 unspecified atom stereocenters. The molecule has 1 amide bonds. The van der Waals surface area contributed by atoms with Crippen LogP contribution in [0.3, 0.4) is 0 Å². The van der Waals surface area contributed by atoms with Gasteiger partial charge in [0.25, 0.3) is 5.91 Å². The molecule has 4 aromatic rings. The molecular weight excluding hydrogens is 322 g/mol. The van der Waals surface area contributed by atoms with E-state index in [1.165, 1.54) is 0 Å². The average Bonchev–Trinajstić information content (AvgIpc) is 2.61. The summed E-state index contributed by atoms with van der Waals surface area (Å²) in [5.41, 5.74) is 4.15. The van der Waals surface area contributed by atoms with E-state index in [4.69, 9.17) is 11.6 Å². The van der Waals surface area contributed by atoms with E-state index < -0.39 is 0 Å². The van der Waals surface area contributed by atoms with Crippen molar-refractivity contribution < 1.29 is 4.79 Å². The fourth-order valence-corrected chi connectivity index (χ4v) is 2.70. The van der Waals surface area contributed by atoms with Crippen molar-refractivity contribution in [3.05, 3.63) is 77.3 Å². The number of nitrogens with one attached hydrogen (secondary N) is 1. The van der Waals surface area contributed by atoms with Crippen molar-refractivity contribution in [1.82, 2.24) is 9.97 Å². The first kappa shape index (κ1) is 14.6. The van der Waals surface area contributed by atoms with Crippen LogP contribution in [-0.2, 0) is 0 Å². The van der Waals surface area contributed by atoms with E-state index in [0.717, 1.165) is 16.6 Å². The van der Waals surface area contributed by atoms with Gasteiger partial charge in [0.2, 0.25) is 0 Å². The van der Waals surface area contributed by atoms with Gasteiger partial charge in [-0.15, -0.1) is 0 Å². The number of aromatic nitrogens is 2. The molecule has 0 saturated carbocycles. The van der Waals surface area contributed by atoms with Gasteiger partial charge >= 0.3 is 0 Å². The number of nitrogens with zero attached hydrogens (tertiary/aromatic N) is 2. The van der Waals surface area contributed by atoms with Crippen LogP contribution in [0.5, 0.6) is 0 Å². The first-order valence-electron chi connectivity index (χ1n) is 7.43. The van der Waals surface area contributed by atoms with Crippen LogP contribution >= 0.6 is 11.6 Å². The van der Waals surface area contributed by atoms with E-state index in [1.54, 1.807) is 30.3 Å². The maximum absolute atomic E-state index is 12.5. The van der Waals surface area contributed by atoms with E-state index in [9.17, 15) is 4.79 Å². The van der Waals surface area contributed by atoms with E-state index in [2.05, 4.69) is 15.3 Å². The van der Waals surface area contributed by atoms with Crippen molar-refractivity contribution in [3.8, 4) is 0 Å². The Balaban J connectivity index is 1.72. The van der Waals surface area contributed by atoms with Gasteiger partial charge in [0.1, 0.15) is 0 Å². The number of hydrogen-bond acceptors (Lipinski definition) is 3. The fraction of sp³-hybridized carbons (Fsp3) is 0. The second-order valence-electron chi connectivity index (χ2n) is 5.35. The minimum absolute atomic E-state index is 0.236. The quantitative estimate of drug-likeness (QED) is 0.541. The number of para-hydroxylation sites is 3. The van der Waals surface area contributed by atoms with E-state index in [-0.39, 0.29) is 5.91 Å². The second kappa shape index (κ2) is 5.91. The minimum atomic E-state index is -0.236. The summed E-state index contributed by atoms with van der Waals surface area (Å²) in [6, 6.07) is 20.1. The zero-order valence-corrected chi connectivity index (χ0v) is 13.3. The molecular formula is C19H12ClN3O. The predicted molar refractivity (Wildman–Crippen MR) is 96.4 cm³/mol. The summed E-state index contributed by atoms with van der Waals surface area (Å²) in [6.07, 6.45) is 0. The molecule has 24 heavy (non-hydrogen) atoms. The predicted octanol–water partition coefficient (Wildman–Crippen LogP) is 4.69. The zero-order valence-electron chi connectivity index (χ0n) is 12.5. The molecule has 0 saturated heterocycles. The molecule has 0 aliphatic rings. The molecule has 1 N–H and O–H groups in total.